The molecule has 2 aliphatic carbocycles. The molecule has 3 fully saturated rings. The standard InChI is InChI=1S/C40H51F4N5O10S/c1-22-9-7-8-10-24-18-39(24,35(52)48-60(54,55)38(4)13-14-38)47-32(50)29-17-26(58-33-27-12-11-25(41)16-28(27)30(57-6)19-45-33)20-49(29)34(51)31(23(15-22)21-56-5)46-36(53)59-37(2,3)40(42,43)44/h8,10-12,16,19,22-24,26,29,31H,7,9,13-15,17-18,20-21H2,1-6H3,(H,46,53)(H,47,50)(H,48,52)/b10-8-/t22-,23-,24-,26+,29-,31-,39-/m0/s1. The monoisotopic (exact) mass is 869 g/mol. The summed E-state index contributed by atoms with van der Waals surface area (Å²) < 4.78 is 105. The number of amides is 4. The molecule has 2 saturated carbocycles. The van der Waals surface area contributed by atoms with E-state index in [9.17, 15) is 45.2 Å². The Morgan fingerprint density at radius 2 is 1.82 bits per heavy atom. The molecule has 4 amide bonds. The van der Waals surface area contributed by atoms with E-state index in [2.05, 4.69) is 20.3 Å². The first-order valence-corrected chi connectivity index (χ1v) is 21.2. The fourth-order valence-corrected chi connectivity index (χ4v) is 9.13. The predicted octanol–water partition coefficient (Wildman–Crippen LogP) is 4.68. The number of alkyl carbamates (subject to hydrolysis) is 1. The first kappa shape index (κ1) is 44.8. The molecule has 7 atom stereocenters. The summed E-state index contributed by atoms with van der Waals surface area (Å²) in [5, 5.41) is 5.77. The van der Waals surface area contributed by atoms with Gasteiger partial charge in [-0.05, 0) is 83.4 Å². The maximum Gasteiger partial charge on any atom is 0.427 e. The molecule has 15 nitrogen and oxygen atoms in total. The second kappa shape index (κ2) is 16.6. The van der Waals surface area contributed by atoms with Crippen LogP contribution in [0.25, 0.3) is 10.8 Å². The minimum Gasteiger partial charge on any atom is -0.494 e. The molecule has 1 aromatic heterocycles. The molecule has 2 aliphatic heterocycles. The number of fused-ring (bicyclic) bond motifs is 3. The lowest BCUT2D eigenvalue weighted by Gasteiger charge is -2.35. The van der Waals surface area contributed by atoms with Gasteiger partial charge in [0.1, 0.15) is 35.3 Å². The number of sulfonamides is 1. The van der Waals surface area contributed by atoms with E-state index >= 15 is 0 Å². The van der Waals surface area contributed by atoms with E-state index in [0.717, 1.165) is 4.90 Å². The Hall–Kier alpha value is -4.72. The average molecular weight is 870 g/mol. The molecule has 0 unspecified atom stereocenters. The van der Waals surface area contributed by atoms with Gasteiger partial charge in [0.25, 0.3) is 5.91 Å². The predicted molar refractivity (Wildman–Crippen MR) is 208 cm³/mol. The van der Waals surface area contributed by atoms with Crippen molar-refractivity contribution in [3.05, 3.63) is 42.4 Å². The quantitative estimate of drug-likeness (QED) is 0.222. The van der Waals surface area contributed by atoms with Crippen LogP contribution >= 0.6 is 0 Å². The van der Waals surface area contributed by atoms with E-state index < -0.39 is 91.7 Å². The molecule has 0 spiro atoms. The number of methoxy groups -OCH3 is 2. The number of pyridine rings is 1. The van der Waals surface area contributed by atoms with Crippen LogP contribution in [0.2, 0.25) is 0 Å². The van der Waals surface area contributed by atoms with E-state index in [4.69, 9.17) is 18.9 Å². The fourth-order valence-electron chi connectivity index (χ4n) is 7.81. The van der Waals surface area contributed by atoms with E-state index in [1.807, 2.05) is 13.0 Å². The van der Waals surface area contributed by atoms with Crippen molar-refractivity contribution < 1.29 is 64.1 Å². The molecule has 6 rings (SSSR count). The topological polar surface area (TPSA) is 192 Å². The van der Waals surface area contributed by atoms with Gasteiger partial charge < -0.3 is 34.5 Å². The van der Waals surface area contributed by atoms with E-state index in [0.29, 0.717) is 50.3 Å². The van der Waals surface area contributed by atoms with Gasteiger partial charge in [0.15, 0.2) is 0 Å². The van der Waals surface area contributed by atoms with Crippen molar-refractivity contribution in [1.29, 1.82) is 0 Å². The zero-order chi connectivity index (χ0) is 44.0. The van der Waals surface area contributed by atoms with Crippen molar-refractivity contribution >= 4 is 44.6 Å². The number of halogens is 4. The molecule has 1 aromatic carbocycles. The Bertz CT molecular complexity index is 2150. The van der Waals surface area contributed by atoms with Gasteiger partial charge >= 0.3 is 12.3 Å². The van der Waals surface area contributed by atoms with Crippen LogP contribution < -0.4 is 24.8 Å². The number of hydrogen-bond acceptors (Lipinski definition) is 11. The number of hydrogen-bond donors (Lipinski definition) is 3. The summed E-state index contributed by atoms with van der Waals surface area (Å²) in [6, 6.07) is 0.823. The summed E-state index contributed by atoms with van der Waals surface area (Å²) in [5.41, 5.74) is -4.64. The molecule has 3 N–H and O–H groups in total. The van der Waals surface area contributed by atoms with Crippen LogP contribution in [0.15, 0.2) is 36.5 Å². The van der Waals surface area contributed by atoms with Crippen LogP contribution in [0.5, 0.6) is 11.6 Å². The van der Waals surface area contributed by atoms with Crippen LogP contribution in [0, 0.1) is 23.6 Å². The number of aromatic nitrogens is 1. The SMILES string of the molecule is COC[C@@H]1C[C@@H](C)CC/C=C\[C@H]2C[C@]2(C(=O)NS(=O)(=O)C2(C)CC2)NC(=O)[C@@H]2C[C@@H](Oc3ncc(OC)c4cc(F)ccc34)CN2C(=O)[C@H]1NC(=O)OC(C)(C)C(F)(F)F. The third-order valence-electron chi connectivity index (χ3n) is 12.0. The molecular weight excluding hydrogens is 819 g/mol. The van der Waals surface area contributed by atoms with Crippen molar-refractivity contribution in [3.63, 3.8) is 0 Å². The van der Waals surface area contributed by atoms with Crippen molar-refractivity contribution in [2.45, 2.75) is 113 Å². The number of carbonyl (C=O) groups excluding carboxylic acids is 4. The molecular formula is C40H51F4N5O10S. The lowest BCUT2D eigenvalue weighted by atomic mass is 9.87. The summed E-state index contributed by atoms with van der Waals surface area (Å²) in [6.07, 6.45) is -0.786. The largest absolute Gasteiger partial charge is 0.494 e. The summed E-state index contributed by atoms with van der Waals surface area (Å²) in [5.74, 6) is -4.55. The Morgan fingerprint density at radius 3 is 2.47 bits per heavy atom. The number of rotatable bonds is 10. The molecule has 60 heavy (non-hydrogen) atoms. The van der Waals surface area contributed by atoms with Gasteiger partial charge in [-0.15, -0.1) is 0 Å². The minimum atomic E-state index is -4.96. The molecule has 0 bridgehead atoms. The summed E-state index contributed by atoms with van der Waals surface area (Å²) in [4.78, 5) is 62.2. The first-order valence-electron chi connectivity index (χ1n) is 19.7. The van der Waals surface area contributed by atoms with Gasteiger partial charge in [-0.3, -0.25) is 19.1 Å². The van der Waals surface area contributed by atoms with E-state index in [1.165, 1.54) is 45.5 Å². The molecule has 330 valence electrons. The van der Waals surface area contributed by atoms with Gasteiger partial charge in [0, 0.05) is 36.1 Å². The Balaban J connectivity index is 1.39. The van der Waals surface area contributed by atoms with Gasteiger partial charge in [-0.1, -0.05) is 19.1 Å². The van der Waals surface area contributed by atoms with Crippen LogP contribution in [-0.4, -0.2) is 110 Å². The molecule has 2 aromatic rings. The van der Waals surface area contributed by atoms with Crippen LogP contribution in [0.3, 0.4) is 0 Å². The highest BCUT2D eigenvalue weighted by molar-refractivity contribution is 7.91. The van der Waals surface area contributed by atoms with Crippen LogP contribution in [0.4, 0.5) is 22.4 Å². The van der Waals surface area contributed by atoms with Gasteiger partial charge in [0.05, 0.1) is 31.2 Å². The first-order chi connectivity index (χ1) is 28.0. The second-order valence-corrected chi connectivity index (χ2v) is 19.2. The number of benzene rings is 1. The number of nitrogens with one attached hydrogen (secondary N) is 3. The number of allylic oxidation sites excluding steroid dienone is 1. The van der Waals surface area contributed by atoms with Crippen molar-refractivity contribution in [1.82, 2.24) is 25.2 Å². The highest BCUT2D eigenvalue weighted by Gasteiger charge is 2.63. The zero-order valence-electron chi connectivity index (χ0n) is 34.2. The number of nitrogens with zero attached hydrogens (tertiary/aromatic N) is 2. The summed E-state index contributed by atoms with van der Waals surface area (Å²) in [7, 11) is -1.37. The molecule has 4 aliphatic rings. The minimum absolute atomic E-state index is 0.00661. The zero-order valence-corrected chi connectivity index (χ0v) is 35.0. The lowest BCUT2D eigenvalue weighted by Crippen LogP contribution is -2.60. The molecule has 20 heteroatoms. The molecule has 3 heterocycles. The average Bonchev–Trinajstić information content (AvgIpc) is 4.04. The number of ether oxygens (including phenoxy) is 4. The van der Waals surface area contributed by atoms with Crippen molar-refractivity contribution in [2.24, 2.45) is 17.8 Å². The summed E-state index contributed by atoms with van der Waals surface area (Å²) >= 11 is 0. The van der Waals surface area contributed by atoms with Crippen molar-refractivity contribution in [3.8, 4) is 11.6 Å². The fraction of sp³-hybridized carbons (Fsp3) is 0.625. The Labute approximate surface area is 345 Å². The van der Waals surface area contributed by atoms with Crippen LogP contribution in [-0.2, 0) is 33.9 Å². The highest BCUT2D eigenvalue weighted by Crippen LogP contribution is 2.48. The maximum absolute atomic E-state index is 14.9. The highest BCUT2D eigenvalue weighted by atomic mass is 32.2. The Morgan fingerprint density at radius 1 is 1.10 bits per heavy atom. The maximum atomic E-state index is 14.9. The second-order valence-electron chi connectivity index (χ2n) is 17.0. The van der Waals surface area contributed by atoms with Crippen molar-refractivity contribution in [2.75, 3.05) is 27.4 Å². The third-order valence-corrected chi connectivity index (χ3v) is 14.2. The van der Waals surface area contributed by atoms with Gasteiger partial charge in [-0.2, -0.15) is 13.2 Å². The third kappa shape index (κ3) is 9.13. The summed E-state index contributed by atoms with van der Waals surface area (Å²) in [6.45, 7) is 4.29. The molecule has 0 radical (unpaired) electrons. The van der Waals surface area contributed by atoms with Crippen LogP contribution in [0.1, 0.15) is 72.6 Å². The lowest BCUT2D eigenvalue weighted by molar-refractivity contribution is -0.244. The smallest absolute Gasteiger partial charge is 0.427 e. The van der Waals surface area contributed by atoms with E-state index in [1.54, 1.807) is 6.08 Å². The van der Waals surface area contributed by atoms with Gasteiger partial charge in [0.2, 0.25) is 33.3 Å². The van der Waals surface area contributed by atoms with Gasteiger partial charge in [-0.25, -0.2) is 22.6 Å². The normalized spacial score (nSPS) is 28.9. The molecule has 1 saturated heterocycles. The Kier molecular flexibility index (Phi) is 12.4. The van der Waals surface area contributed by atoms with E-state index in [-0.39, 0.29) is 50.0 Å². The number of alkyl halides is 3. The number of carbonyl (C=O) groups is 4.